The van der Waals surface area contributed by atoms with Crippen LogP contribution >= 0.6 is 28.3 Å². The van der Waals surface area contributed by atoms with Gasteiger partial charge in [-0.3, -0.25) is 0 Å². The summed E-state index contributed by atoms with van der Waals surface area (Å²) in [5.74, 6) is -0.603. The summed E-state index contributed by atoms with van der Waals surface area (Å²) < 4.78 is 40.1. The third-order valence-corrected chi connectivity index (χ3v) is 5.60. The Morgan fingerprint density at radius 1 is 1.35 bits per heavy atom. The van der Waals surface area contributed by atoms with E-state index in [0.717, 1.165) is 6.07 Å². The van der Waals surface area contributed by atoms with Crippen molar-refractivity contribution in [1.82, 2.24) is 4.72 Å². The second-order valence-electron chi connectivity index (χ2n) is 4.47. The van der Waals surface area contributed by atoms with Gasteiger partial charge >= 0.3 is 0 Å². The summed E-state index contributed by atoms with van der Waals surface area (Å²) >= 11 is 3.10. The first-order chi connectivity index (χ1) is 8.74. The smallest absolute Gasteiger partial charge is 0.241 e. The van der Waals surface area contributed by atoms with Crippen molar-refractivity contribution in [2.75, 3.05) is 6.54 Å². The maximum atomic E-state index is 13.1. The van der Waals surface area contributed by atoms with Gasteiger partial charge in [0.25, 0.3) is 0 Å². The van der Waals surface area contributed by atoms with Gasteiger partial charge in [0, 0.05) is 16.6 Å². The van der Waals surface area contributed by atoms with Crippen molar-refractivity contribution in [1.29, 1.82) is 0 Å². The lowest BCUT2D eigenvalue weighted by molar-refractivity contribution is 0.391. The lowest BCUT2D eigenvalue weighted by Gasteiger charge is -2.26. The third-order valence-electron chi connectivity index (χ3n) is 3.21. The Morgan fingerprint density at radius 3 is 2.40 bits per heavy atom. The summed E-state index contributed by atoms with van der Waals surface area (Å²) in [6.07, 6.45) is 1.30. The molecule has 0 unspecified atom stereocenters. The van der Waals surface area contributed by atoms with Gasteiger partial charge in [-0.2, -0.15) is 0 Å². The fraction of sp³-hybridized carbons (Fsp3) is 0.500. The van der Waals surface area contributed by atoms with Crippen LogP contribution in [-0.2, 0) is 10.0 Å². The molecule has 116 valence electrons. The minimum Gasteiger partial charge on any atom is -0.324 e. The quantitative estimate of drug-likeness (QED) is 0.786. The zero-order chi connectivity index (χ0) is 14.7. The van der Waals surface area contributed by atoms with Crippen LogP contribution in [0.1, 0.15) is 26.7 Å². The zero-order valence-electron chi connectivity index (χ0n) is 11.3. The van der Waals surface area contributed by atoms with Crippen molar-refractivity contribution < 1.29 is 12.8 Å². The van der Waals surface area contributed by atoms with E-state index in [9.17, 15) is 12.8 Å². The highest BCUT2D eigenvalue weighted by Gasteiger charge is 2.25. The lowest BCUT2D eigenvalue weighted by atomic mass is 9.95. The molecule has 0 atom stereocenters. The molecular weight excluding hydrogens is 371 g/mol. The average Bonchev–Trinajstić information content (AvgIpc) is 2.39. The third kappa shape index (κ3) is 4.96. The second kappa shape index (κ2) is 7.70. The topological polar surface area (TPSA) is 72.2 Å². The van der Waals surface area contributed by atoms with Crippen molar-refractivity contribution >= 4 is 38.4 Å². The first-order valence-corrected chi connectivity index (χ1v) is 8.25. The SMILES string of the molecule is CCC(N)(CC)CNS(=O)(=O)c1cc(F)ccc1Br.Cl. The predicted octanol–water partition coefficient (Wildman–Crippen LogP) is 2.81. The number of hydrogen-bond donors (Lipinski definition) is 2. The van der Waals surface area contributed by atoms with E-state index in [2.05, 4.69) is 20.7 Å². The molecule has 8 heteroatoms. The highest BCUT2D eigenvalue weighted by atomic mass is 79.9. The maximum Gasteiger partial charge on any atom is 0.241 e. The first kappa shape index (κ1) is 19.8. The van der Waals surface area contributed by atoms with E-state index in [1.54, 1.807) is 0 Å². The normalized spacial score (nSPS) is 12.1. The fourth-order valence-corrected chi connectivity index (χ4v) is 3.61. The molecule has 1 aromatic rings. The van der Waals surface area contributed by atoms with Gasteiger partial charge < -0.3 is 5.73 Å². The van der Waals surface area contributed by atoms with E-state index >= 15 is 0 Å². The van der Waals surface area contributed by atoms with Gasteiger partial charge in [0.2, 0.25) is 10.0 Å². The van der Waals surface area contributed by atoms with E-state index < -0.39 is 21.4 Å². The molecule has 0 aliphatic rings. The molecule has 0 saturated carbocycles. The van der Waals surface area contributed by atoms with Crippen molar-refractivity contribution in [2.45, 2.75) is 37.1 Å². The van der Waals surface area contributed by atoms with Gasteiger partial charge in [-0.1, -0.05) is 13.8 Å². The van der Waals surface area contributed by atoms with Gasteiger partial charge in [-0.05, 0) is 47.0 Å². The van der Waals surface area contributed by atoms with E-state index in [1.165, 1.54) is 12.1 Å². The molecule has 0 heterocycles. The standard InChI is InChI=1S/C12H18BrFN2O2S.ClH/c1-3-12(15,4-2)8-16-19(17,18)11-7-9(14)5-6-10(11)13;/h5-7,16H,3-4,8,15H2,1-2H3;1H. The van der Waals surface area contributed by atoms with Crippen LogP contribution in [0.4, 0.5) is 4.39 Å². The van der Waals surface area contributed by atoms with Crippen LogP contribution in [0, 0.1) is 5.82 Å². The van der Waals surface area contributed by atoms with Crippen LogP contribution in [-0.4, -0.2) is 20.5 Å². The van der Waals surface area contributed by atoms with Crippen LogP contribution in [0.5, 0.6) is 0 Å². The first-order valence-electron chi connectivity index (χ1n) is 5.97. The molecule has 1 rings (SSSR count). The highest BCUT2D eigenvalue weighted by molar-refractivity contribution is 9.10. The highest BCUT2D eigenvalue weighted by Crippen LogP contribution is 2.23. The molecule has 4 nitrogen and oxygen atoms in total. The molecule has 1 aromatic carbocycles. The summed E-state index contributed by atoms with van der Waals surface area (Å²) in [6.45, 7) is 3.91. The molecule has 20 heavy (non-hydrogen) atoms. The molecule has 0 aromatic heterocycles. The minimum atomic E-state index is -3.78. The number of benzene rings is 1. The summed E-state index contributed by atoms with van der Waals surface area (Å²) in [6, 6.07) is 3.52. The van der Waals surface area contributed by atoms with E-state index in [0.29, 0.717) is 17.3 Å². The van der Waals surface area contributed by atoms with E-state index in [4.69, 9.17) is 5.73 Å². The van der Waals surface area contributed by atoms with Gasteiger partial charge in [0.05, 0.1) is 4.90 Å². The second-order valence-corrected chi connectivity index (χ2v) is 7.06. The Kier molecular flexibility index (Phi) is 7.62. The monoisotopic (exact) mass is 388 g/mol. The summed E-state index contributed by atoms with van der Waals surface area (Å²) in [5, 5.41) is 0. The van der Waals surface area contributed by atoms with Crippen LogP contribution in [0.3, 0.4) is 0 Å². The summed E-state index contributed by atoms with van der Waals surface area (Å²) in [7, 11) is -3.78. The van der Waals surface area contributed by atoms with Crippen LogP contribution in [0.15, 0.2) is 27.6 Å². The lowest BCUT2D eigenvalue weighted by Crippen LogP contribution is -2.49. The number of sulfonamides is 1. The zero-order valence-corrected chi connectivity index (χ0v) is 14.5. The van der Waals surface area contributed by atoms with E-state index in [-0.39, 0.29) is 23.8 Å². The number of hydrogen-bond acceptors (Lipinski definition) is 3. The fourth-order valence-electron chi connectivity index (χ4n) is 1.50. The molecule has 0 saturated heterocycles. The summed E-state index contributed by atoms with van der Waals surface area (Å²) in [4.78, 5) is -0.123. The Hall–Kier alpha value is -0.210. The molecule has 0 fully saturated rings. The Morgan fingerprint density at radius 2 is 1.90 bits per heavy atom. The molecule has 3 N–H and O–H groups in total. The number of rotatable bonds is 6. The van der Waals surface area contributed by atoms with Gasteiger partial charge in [-0.25, -0.2) is 17.5 Å². The molecular formula is C12H19BrClFN2O2S. The van der Waals surface area contributed by atoms with Crippen LogP contribution in [0.2, 0.25) is 0 Å². The Labute approximate surface area is 133 Å². The Bertz CT molecular complexity index is 550. The number of halogens is 3. The van der Waals surface area contributed by atoms with Gasteiger partial charge in [0.15, 0.2) is 0 Å². The Balaban J connectivity index is 0.00000361. The molecule has 0 aliphatic carbocycles. The van der Waals surface area contributed by atoms with E-state index in [1.807, 2.05) is 13.8 Å². The van der Waals surface area contributed by atoms with Gasteiger partial charge in [0.1, 0.15) is 5.82 Å². The molecule has 0 bridgehead atoms. The summed E-state index contributed by atoms with van der Waals surface area (Å²) in [5.41, 5.74) is 5.45. The molecule has 0 radical (unpaired) electrons. The molecule has 0 amide bonds. The maximum absolute atomic E-state index is 13.1. The largest absolute Gasteiger partial charge is 0.324 e. The predicted molar refractivity (Wildman–Crippen MR) is 84.0 cm³/mol. The van der Waals surface area contributed by atoms with Crippen LogP contribution < -0.4 is 10.5 Å². The van der Waals surface area contributed by atoms with Crippen molar-refractivity contribution in [3.8, 4) is 0 Å². The van der Waals surface area contributed by atoms with Crippen LogP contribution in [0.25, 0.3) is 0 Å². The minimum absolute atomic E-state index is 0. The number of nitrogens with one attached hydrogen (secondary N) is 1. The van der Waals surface area contributed by atoms with Gasteiger partial charge in [-0.15, -0.1) is 12.4 Å². The van der Waals surface area contributed by atoms with Crippen molar-refractivity contribution in [3.63, 3.8) is 0 Å². The van der Waals surface area contributed by atoms with Crippen molar-refractivity contribution in [3.05, 3.63) is 28.5 Å². The van der Waals surface area contributed by atoms with Crippen molar-refractivity contribution in [2.24, 2.45) is 5.73 Å². The average molecular weight is 390 g/mol. The number of nitrogens with two attached hydrogens (primary N) is 1. The molecule has 0 aliphatic heterocycles. The molecule has 0 spiro atoms.